The number of benzene rings is 1. The van der Waals surface area contributed by atoms with Crippen molar-refractivity contribution in [3.05, 3.63) is 24.3 Å². The lowest BCUT2D eigenvalue weighted by molar-refractivity contribution is 0.0767. The zero-order valence-electron chi connectivity index (χ0n) is 13.4. The molecule has 0 spiro atoms. The van der Waals surface area contributed by atoms with Gasteiger partial charge in [0.25, 0.3) is 0 Å². The average Bonchev–Trinajstić information content (AvgIpc) is 3.18. The van der Waals surface area contributed by atoms with Gasteiger partial charge in [0.15, 0.2) is 5.13 Å². The van der Waals surface area contributed by atoms with Gasteiger partial charge in [-0.05, 0) is 37.9 Å². The van der Waals surface area contributed by atoms with E-state index in [4.69, 9.17) is 0 Å². The molecule has 4 rings (SSSR count). The van der Waals surface area contributed by atoms with E-state index in [0.717, 1.165) is 29.7 Å². The Labute approximate surface area is 140 Å². The molecule has 2 aliphatic heterocycles. The van der Waals surface area contributed by atoms with Crippen molar-refractivity contribution >= 4 is 32.7 Å². The molecule has 1 aromatic carbocycles. The fourth-order valence-electron chi connectivity index (χ4n) is 3.77. The Bertz CT molecular complexity index is 682. The Morgan fingerprint density at radius 3 is 3.09 bits per heavy atom. The van der Waals surface area contributed by atoms with Crippen LogP contribution in [0.25, 0.3) is 10.2 Å². The van der Waals surface area contributed by atoms with Crippen LogP contribution in [0.3, 0.4) is 0 Å². The predicted octanol–water partition coefficient (Wildman–Crippen LogP) is 3.39. The summed E-state index contributed by atoms with van der Waals surface area (Å²) in [5.74, 6) is 0. The first kappa shape index (κ1) is 14.9. The Kier molecular flexibility index (Phi) is 3.95. The second-order valence-corrected chi connectivity index (χ2v) is 7.45. The molecule has 23 heavy (non-hydrogen) atoms. The van der Waals surface area contributed by atoms with Crippen molar-refractivity contribution in [1.82, 2.24) is 14.8 Å². The van der Waals surface area contributed by atoms with E-state index >= 15 is 0 Å². The van der Waals surface area contributed by atoms with Gasteiger partial charge >= 0.3 is 6.03 Å². The van der Waals surface area contributed by atoms with Crippen LogP contribution in [0.2, 0.25) is 0 Å². The van der Waals surface area contributed by atoms with Gasteiger partial charge in [-0.1, -0.05) is 30.4 Å². The van der Waals surface area contributed by atoms with E-state index in [1.807, 2.05) is 29.2 Å². The summed E-state index contributed by atoms with van der Waals surface area (Å²) in [7, 11) is 0. The van der Waals surface area contributed by atoms with Crippen LogP contribution < -0.4 is 5.32 Å². The molecule has 1 N–H and O–H groups in total. The van der Waals surface area contributed by atoms with E-state index in [-0.39, 0.29) is 6.03 Å². The van der Waals surface area contributed by atoms with Crippen molar-refractivity contribution in [2.24, 2.45) is 0 Å². The highest BCUT2D eigenvalue weighted by Gasteiger charge is 2.37. The van der Waals surface area contributed by atoms with Crippen molar-refractivity contribution in [3.63, 3.8) is 0 Å². The monoisotopic (exact) mass is 330 g/mol. The molecular weight excluding hydrogens is 308 g/mol. The maximum Gasteiger partial charge on any atom is 0.323 e. The van der Waals surface area contributed by atoms with E-state index < -0.39 is 0 Å². The number of urea groups is 1. The Morgan fingerprint density at radius 2 is 2.26 bits per heavy atom. The lowest BCUT2D eigenvalue weighted by Crippen LogP contribution is -2.58. The molecule has 2 aliphatic rings. The lowest BCUT2D eigenvalue weighted by atomic mass is 10.1. The Morgan fingerprint density at radius 1 is 1.39 bits per heavy atom. The predicted molar refractivity (Wildman–Crippen MR) is 94.0 cm³/mol. The third-order valence-corrected chi connectivity index (χ3v) is 5.98. The van der Waals surface area contributed by atoms with Gasteiger partial charge in [-0.3, -0.25) is 10.2 Å². The summed E-state index contributed by atoms with van der Waals surface area (Å²) >= 11 is 1.54. The van der Waals surface area contributed by atoms with Crippen LogP contribution in [-0.2, 0) is 0 Å². The molecule has 5 nitrogen and oxygen atoms in total. The van der Waals surface area contributed by atoms with E-state index in [2.05, 4.69) is 22.1 Å². The van der Waals surface area contributed by atoms with Crippen molar-refractivity contribution in [3.8, 4) is 0 Å². The number of carbonyl (C=O) groups excluding carboxylic acids is 1. The van der Waals surface area contributed by atoms with Gasteiger partial charge in [0, 0.05) is 25.2 Å². The smallest absolute Gasteiger partial charge is 0.319 e. The summed E-state index contributed by atoms with van der Waals surface area (Å²) in [6, 6.07) is 8.83. The van der Waals surface area contributed by atoms with E-state index in [9.17, 15) is 4.79 Å². The highest BCUT2D eigenvalue weighted by molar-refractivity contribution is 7.22. The van der Waals surface area contributed by atoms with Crippen LogP contribution in [0, 0.1) is 0 Å². The van der Waals surface area contributed by atoms with Crippen molar-refractivity contribution in [2.75, 3.05) is 25.0 Å². The molecule has 2 fully saturated rings. The van der Waals surface area contributed by atoms with Crippen LogP contribution in [0.4, 0.5) is 9.93 Å². The zero-order valence-corrected chi connectivity index (χ0v) is 14.2. The number of para-hydroxylation sites is 1. The van der Waals surface area contributed by atoms with Crippen LogP contribution in [0.5, 0.6) is 0 Å². The molecule has 0 bridgehead atoms. The van der Waals surface area contributed by atoms with Crippen LogP contribution in [-0.4, -0.2) is 52.5 Å². The van der Waals surface area contributed by atoms with Crippen LogP contribution in [0.15, 0.2) is 24.3 Å². The highest BCUT2D eigenvalue weighted by atomic mass is 32.1. The number of anilines is 1. The highest BCUT2D eigenvalue weighted by Crippen LogP contribution is 2.28. The number of fused-ring (bicyclic) bond motifs is 2. The SMILES string of the molecule is CCC1CN2CCCC2CN1C(=O)Nc1nc2ccccc2s1. The molecule has 2 aromatic rings. The number of rotatable bonds is 2. The number of piperazine rings is 1. The molecule has 1 aromatic heterocycles. The normalized spacial score (nSPS) is 24.8. The third kappa shape index (κ3) is 2.81. The first-order valence-electron chi connectivity index (χ1n) is 8.42. The van der Waals surface area contributed by atoms with Gasteiger partial charge in [0.05, 0.1) is 10.2 Å². The molecule has 122 valence electrons. The second kappa shape index (κ2) is 6.09. The molecular formula is C17H22N4OS. The molecule has 2 saturated heterocycles. The van der Waals surface area contributed by atoms with Crippen LogP contribution >= 0.6 is 11.3 Å². The van der Waals surface area contributed by atoms with Gasteiger partial charge < -0.3 is 4.90 Å². The minimum absolute atomic E-state index is 0.00227. The van der Waals surface area contributed by atoms with E-state index in [0.29, 0.717) is 17.2 Å². The molecule has 6 heteroatoms. The minimum Gasteiger partial charge on any atom is -0.319 e. The Balaban J connectivity index is 1.50. The summed E-state index contributed by atoms with van der Waals surface area (Å²) in [6.07, 6.45) is 3.46. The lowest BCUT2D eigenvalue weighted by Gasteiger charge is -2.43. The van der Waals surface area contributed by atoms with E-state index in [1.165, 1.54) is 30.7 Å². The summed E-state index contributed by atoms with van der Waals surface area (Å²) in [5.41, 5.74) is 0.945. The maximum absolute atomic E-state index is 12.8. The maximum atomic E-state index is 12.8. The van der Waals surface area contributed by atoms with Crippen molar-refractivity contribution in [1.29, 1.82) is 0 Å². The van der Waals surface area contributed by atoms with Gasteiger partial charge in [-0.15, -0.1) is 0 Å². The van der Waals surface area contributed by atoms with Gasteiger partial charge in [0.1, 0.15) is 0 Å². The largest absolute Gasteiger partial charge is 0.323 e. The summed E-state index contributed by atoms with van der Waals surface area (Å²) in [5, 5.41) is 3.72. The van der Waals surface area contributed by atoms with Gasteiger partial charge in [0.2, 0.25) is 0 Å². The number of thiazole rings is 1. The van der Waals surface area contributed by atoms with Gasteiger partial charge in [-0.2, -0.15) is 0 Å². The quantitative estimate of drug-likeness (QED) is 0.918. The Hall–Kier alpha value is -1.66. The number of hydrogen-bond acceptors (Lipinski definition) is 4. The van der Waals surface area contributed by atoms with Crippen molar-refractivity contribution in [2.45, 2.75) is 38.3 Å². The van der Waals surface area contributed by atoms with Crippen LogP contribution in [0.1, 0.15) is 26.2 Å². The molecule has 0 radical (unpaired) electrons. The number of carbonyl (C=O) groups is 1. The average molecular weight is 330 g/mol. The topological polar surface area (TPSA) is 48.5 Å². The molecule has 3 heterocycles. The third-order valence-electron chi connectivity index (χ3n) is 5.03. The first-order valence-corrected chi connectivity index (χ1v) is 9.23. The molecule has 2 unspecified atom stereocenters. The number of hydrogen-bond donors (Lipinski definition) is 1. The number of nitrogens with one attached hydrogen (secondary N) is 1. The number of aromatic nitrogens is 1. The summed E-state index contributed by atoms with van der Waals surface area (Å²) < 4.78 is 1.11. The van der Waals surface area contributed by atoms with E-state index in [1.54, 1.807) is 0 Å². The first-order chi connectivity index (χ1) is 11.2. The van der Waals surface area contributed by atoms with Gasteiger partial charge in [-0.25, -0.2) is 9.78 Å². The molecule has 0 aliphatic carbocycles. The fourth-order valence-corrected chi connectivity index (χ4v) is 4.63. The molecule has 0 saturated carbocycles. The standard InChI is InChI=1S/C17H22N4OS/c1-2-12-10-20-9-5-6-13(20)11-21(12)17(22)19-16-18-14-7-3-4-8-15(14)23-16/h3-4,7-8,12-13H,2,5-6,9-11H2,1H3,(H,18,19,22). The molecule has 2 atom stereocenters. The minimum atomic E-state index is 0.00227. The summed E-state index contributed by atoms with van der Waals surface area (Å²) in [4.78, 5) is 21.9. The second-order valence-electron chi connectivity index (χ2n) is 6.42. The fraction of sp³-hybridized carbons (Fsp3) is 0.529. The number of nitrogens with zero attached hydrogens (tertiary/aromatic N) is 3. The van der Waals surface area contributed by atoms with Crippen molar-refractivity contribution < 1.29 is 4.79 Å². The number of amides is 2. The summed E-state index contributed by atoms with van der Waals surface area (Å²) in [6.45, 7) is 5.21. The zero-order chi connectivity index (χ0) is 15.8. The molecule has 2 amide bonds.